The SMILES string of the molecule is CCCCCOC(=O)CCC(=O)On1ccccc1=S. The quantitative estimate of drug-likeness (QED) is 0.419. The molecule has 0 aliphatic heterocycles. The van der Waals surface area contributed by atoms with Gasteiger partial charge in [0.15, 0.2) is 0 Å². The van der Waals surface area contributed by atoms with Gasteiger partial charge in [0.2, 0.25) is 0 Å². The van der Waals surface area contributed by atoms with Gasteiger partial charge in [-0.15, -0.1) is 0 Å². The van der Waals surface area contributed by atoms with Gasteiger partial charge in [-0.05, 0) is 18.6 Å². The maximum atomic E-state index is 11.5. The van der Waals surface area contributed by atoms with Crippen molar-refractivity contribution >= 4 is 24.2 Å². The molecule has 0 aliphatic rings. The molecule has 0 amide bonds. The van der Waals surface area contributed by atoms with E-state index in [-0.39, 0.29) is 18.8 Å². The molecule has 1 aromatic rings. The van der Waals surface area contributed by atoms with Gasteiger partial charge in [-0.25, -0.2) is 4.79 Å². The number of carbonyl (C=O) groups is 2. The largest absolute Gasteiger partial charge is 0.466 e. The first kappa shape index (κ1) is 16.4. The number of nitrogens with zero attached hydrogens (tertiary/aromatic N) is 1. The Bertz CT molecular complexity index is 498. The maximum Gasteiger partial charge on any atom is 0.333 e. The van der Waals surface area contributed by atoms with Gasteiger partial charge < -0.3 is 9.57 Å². The van der Waals surface area contributed by atoms with Crippen molar-refractivity contribution < 1.29 is 19.2 Å². The van der Waals surface area contributed by atoms with E-state index in [1.54, 1.807) is 24.4 Å². The average Bonchev–Trinajstić information content (AvgIpc) is 2.44. The Morgan fingerprint density at radius 3 is 2.65 bits per heavy atom. The summed E-state index contributed by atoms with van der Waals surface area (Å²) in [6.07, 6.45) is 4.49. The Hall–Kier alpha value is -1.69. The van der Waals surface area contributed by atoms with Gasteiger partial charge in [-0.2, -0.15) is 4.73 Å². The summed E-state index contributed by atoms with van der Waals surface area (Å²) in [7, 11) is 0. The van der Waals surface area contributed by atoms with Gasteiger partial charge in [-0.3, -0.25) is 4.79 Å². The molecule has 6 heteroatoms. The molecule has 1 aromatic heterocycles. The zero-order valence-corrected chi connectivity index (χ0v) is 12.4. The first-order chi connectivity index (χ1) is 9.63. The van der Waals surface area contributed by atoms with Gasteiger partial charge in [0.1, 0.15) is 4.64 Å². The number of rotatable bonds is 8. The molecule has 0 bridgehead atoms. The molecule has 0 fully saturated rings. The first-order valence-electron chi connectivity index (χ1n) is 6.68. The minimum atomic E-state index is -0.516. The topological polar surface area (TPSA) is 57.5 Å². The molecule has 0 saturated heterocycles. The lowest BCUT2D eigenvalue weighted by Gasteiger charge is -2.07. The highest BCUT2D eigenvalue weighted by Crippen LogP contribution is 1.99. The van der Waals surface area contributed by atoms with Gasteiger partial charge in [-0.1, -0.05) is 38.0 Å². The van der Waals surface area contributed by atoms with E-state index in [2.05, 4.69) is 6.92 Å². The fraction of sp³-hybridized carbons (Fsp3) is 0.500. The molecule has 0 radical (unpaired) electrons. The maximum absolute atomic E-state index is 11.5. The smallest absolute Gasteiger partial charge is 0.333 e. The highest BCUT2D eigenvalue weighted by molar-refractivity contribution is 7.71. The molecule has 20 heavy (non-hydrogen) atoms. The molecule has 0 unspecified atom stereocenters. The monoisotopic (exact) mass is 297 g/mol. The van der Waals surface area contributed by atoms with Crippen LogP contribution < -0.4 is 4.84 Å². The molecule has 0 atom stereocenters. The third-order valence-corrected chi connectivity index (χ3v) is 2.85. The van der Waals surface area contributed by atoms with E-state index < -0.39 is 5.97 Å². The molecule has 0 aliphatic carbocycles. The van der Waals surface area contributed by atoms with Crippen molar-refractivity contribution in [3.63, 3.8) is 0 Å². The number of pyridine rings is 1. The van der Waals surface area contributed by atoms with Crippen LogP contribution in [-0.4, -0.2) is 23.3 Å². The Kier molecular flexibility index (Phi) is 7.57. The van der Waals surface area contributed by atoms with Crippen LogP contribution in [0.4, 0.5) is 0 Å². The molecule has 0 N–H and O–H groups in total. The molecule has 0 aromatic carbocycles. The Morgan fingerprint density at radius 1 is 1.20 bits per heavy atom. The second-order valence-electron chi connectivity index (χ2n) is 4.26. The average molecular weight is 297 g/mol. The number of aromatic nitrogens is 1. The van der Waals surface area contributed by atoms with Crippen LogP contribution in [0.5, 0.6) is 0 Å². The van der Waals surface area contributed by atoms with Crippen LogP contribution in [-0.2, 0) is 14.3 Å². The minimum Gasteiger partial charge on any atom is -0.466 e. The van der Waals surface area contributed by atoms with Crippen molar-refractivity contribution in [2.75, 3.05) is 6.61 Å². The molecular formula is C14H19NO4S. The van der Waals surface area contributed by atoms with Crippen molar-refractivity contribution in [1.29, 1.82) is 0 Å². The summed E-state index contributed by atoms with van der Waals surface area (Å²) in [5.74, 6) is -0.896. The Morgan fingerprint density at radius 2 is 1.95 bits per heavy atom. The van der Waals surface area contributed by atoms with Gasteiger partial charge in [0.05, 0.1) is 19.4 Å². The zero-order chi connectivity index (χ0) is 14.8. The summed E-state index contributed by atoms with van der Waals surface area (Å²) in [5, 5.41) is 0. The van der Waals surface area contributed by atoms with E-state index in [0.29, 0.717) is 11.2 Å². The van der Waals surface area contributed by atoms with Gasteiger partial charge in [0, 0.05) is 6.20 Å². The van der Waals surface area contributed by atoms with Crippen molar-refractivity contribution in [2.45, 2.75) is 39.0 Å². The van der Waals surface area contributed by atoms with Crippen LogP contribution in [0.1, 0.15) is 39.0 Å². The molecule has 5 nitrogen and oxygen atoms in total. The zero-order valence-electron chi connectivity index (χ0n) is 11.5. The lowest BCUT2D eigenvalue weighted by atomic mass is 10.3. The standard InChI is InChI=1S/C14H19NO4S/c1-2-3-6-11-18-13(16)8-9-14(17)19-15-10-5-4-7-12(15)20/h4-5,7,10H,2-3,6,8-9,11H2,1H3. The number of ether oxygens (including phenoxy) is 1. The molecule has 0 spiro atoms. The van der Waals surface area contributed by atoms with Crippen LogP contribution in [0.3, 0.4) is 0 Å². The number of hydrogen-bond acceptors (Lipinski definition) is 5. The third-order valence-electron chi connectivity index (χ3n) is 2.53. The molecule has 0 saturated carbocycles. The Labute approximate surface area is 123 Å². The summed E-state index contributed by atoms with van der Waals surface area (Å²) in [5.41, 5.74) is 0. The first-order valence-corrected chi connectivity index (χ1v) is 7.08. The van der Waals surface area contributed by atoms with Gasteiger partial charge >= 0.3 is 11.9 Å². The third kappa shape index (κ3) is 6.47. The van der Waals surface area contributed by atoms with E-state index in [1.807, 2.05) is 0 Å². The van der Waals surface area contributed by atoms with Crippen LogP contribution in [0.2, 0.25) is 0 Å². The molecule has 1 heterocycles. The highest BCUT2D eigenvalue weighted by Gasteiger charge is 2.10. The van der Waals surface area contributed by atoms with Crippen molar-refractivity contribution in [3.05, 3.63) is 29.0 Å². The van der Waals surface area contributed by atoms with E-state index in [9.17, 15) is 9.59 Å². The van der Waals surface area contributed by atoms with Crippen LogP contribution in [0.25, 0.3) is 0 Å². The minimum absolute atomic E-state index is 0.0190. The van der Waals surface area contributed by atoms with E-state index in [1.165, 1.54) is 4.73 Å². The summed E-state index contributed by atoms with van der Waals surface area (Å²) in [4.78, 5) is 27.9. The molecular weight excluding hydrogens is 278 g/mol. The highest BCUT2D eigenvalue weighted by atomic mass is 32.1. The van der Waals surface area contributed by atoms with E-state index >= 15 is 0 Å². The second kappa shape index (κ2) is 9.25. The fourth-order valence-electron chi connectivity index (χ4n) is 1.46. The normalized spacial score (nSPS) is 10.1. The lowest BCUT2D eigenvalue weighted by Crippen LogP contribution is -2.21. The van der Waals surface area contributed by atoms with Crippen LogP contribution in [0.15, 0.2) is 24.4 Å². The van der Waals surface area contributed by atoms with Gasteiger partial charge in [0.25, 0.3) is 0 Å². The summed E-state index contributed by atoms with van der Waals surface area (Å²) < 4.78 is 6.58. The molecule has 110 valence electrons. The van der Waals surface area contributed by atoms with Crippen LogP contribution in [0, 0.1) is 4.64 Å². The number of unbranched alkanes of at least 4 members (excludes halogenated alkanes) is 2. The lowest BCUT2D eigenvalue weighted by molar-refractivity contribution is -0.150. The second-order valence-corrected chi connectivity index (χ2v) is 4.67. The number of esters is 1. The predicted molar refractivity (Wildman–Crippen MR) is 76.6 cm³/mol. The van der Waals surface area contributed by atoms with Crippen LogP contribution >= 0.6 is 12.2 Å². The van der Waals surface area contributed by atoms with Crippen molar-refractivity contribution in [2.24, 2.45) is 0 Å². The van der Waals surface area contributed by atoms with E-state index in [4.69, 9.17) is 21.8 Å². The molecule has 1 rings (SSSR count). The van der Waals surface area contributed by atoms with E-state index in [0.717, 1.165) is 19.3 Å². The fourth-order valence-corrected chi connectivity index (χ4v) is 1.63. The summed E-state index contributed by atoms with van der Waals surface area (Å²) >= 11 is 4.98. The Balaban J connectivity index is 2.25. The summed E-state index contributed by atoms with van der Waals surface area (Å²) in [6, 6.07) is 5.09. The number of carbonyl (C=O) groups excluding carboxylic acids is 2. The van der Waals surface area contributed by atoms with Crippen molar-refractivity contribution in [3.8, 4) is 0 Å². The van der Waals surface area contributed by atoms with Crippen molar-refractivity contribution in [1.82, 2.24) is 4.73 Å². The summed E-state index contributed by atoms with van der Waals surface area (Å²) in [6.45, 7) is 2.48. The predicted octanol–water partition coefficient (Wildman–Crippen LogP) is 2.69. The number of hydrogen-bond donors (Lipinski definition) is 0.